The summed E-state index contributed by atoms with van der Waals surface area (Å²) in [4.78, 5) is 9.28. The third-order valence-corrected chi connectivity index (χ3v) is 5.79. The number of ether oxygens (including phenoxy) is 1. The van der Waals surface area contributed by atoms with Gasteiger partial charge in [-0.1, -0.05) is 48.5 Å². The zero-order valence-corrected chi connectivity index (χ0v) is 21.0. The molecule has 0 spiro atoms. The van der Waals surface area contributed by atoms with Gasteiger partial charge in [-0.25, -0.2) is 4.98 Å². The number of rotatable bonds is 4. The van der Waals surface area contributed by atoms with E-state index in [1.165, 1.54) is 0 Å². The molecule has 5 nitrogen and oxygen atoms in total. The van der Waals surface area contributed by atoms with Crippen LogP contribution in [0.15, 0.2) is 97.2 Å². The van der Waals surface area contributed by atoms with Crippen LogP contribution in [0.25, 0.3) is 38.9 Å². The maximum atomic E-state index is 10.6. The molecule has 0 aliphatic carbocycles. The van der Waals surface area contributed by atoms with Crippen molar-refractivity contribution in [3.05, 3.63) is 109 Å². The molecule has 174 valence electrons. The van der Waals surface area contributed by atoms with Gasteiger partial charge in [0.15, 0.2) is 0 Å². The Labute approximate surface area is 216 Å². The van der Waals surface area contributed by atoms with Gasteiger partial charge in [0.2, 0.25) is 5.88 Å². The predicted octanol–water partition coefficient (Wildman–Crippen LogP) is 6.84. The smallest absolute Gasteiger partial charge is 0.217 e. The molecule has 35 heavy (non-hydrogen) atoms. The molecular formula is C29H20N3O2Pt-. The van der Waals surface area contributed by atoms with Gasteiger partial charge >= 0.3 is 0 Å². The van der Waals surface area contributed by atoms with Gasteiger partial charge in [-0.2, -0.15) is 0 Å². The van der Waals surface area contributed by atoms with Gasteiger partial charge in [0.25, 0.3) is 0 Å². The fraction of sp³-hybridized carbons (Fsp3) is 0.0345. The Hall–Kier alpha value is -3.95. The molecule has 1 N–H and O–H groups in total. The van der Waals surface area contributed by atoms with Gasteiger partial charge in [-0.3, -0.25) is 9.55 Å². The number of aromatic hydroxyl groups is 1. The van der Waals surface area contributed by atoms with Crippen molar-refractivity contribution in [1.82, 2.24) is 14.5 Å². The molecule has 0 atom stereocenters. The second kappa shape index (κ2) is 9.36. The molecule has 0 bridgehead atoms. The van der Waals surface area contributed by atoms with Gasteiger partial charge in [-0.05, 0) is 42.4 Å². The first kappa shape index (κ1) is 22.8. The van der Waals surface area contributed by atoms with Gasteiger partial charge in [0.1, 0.15) is 11.4 Å². The van der Waals surface area contributed by atoms with E-state index in [4.69, 9.17) is 9.72 Å². The molecule has 6 aromatic rings. The minimum atomic E-state index is 0. The molecule has 6 rings (SSSR count). The average molecular weight is 638 g/mol. The summed E-state index contributed by atoms with van der Waals surface area (Å²) in [6, 6.07) is 32.3. The molecule has 3 aromatic carbocycles. The summed E-state index contributed by atoms with van der Waals surface area (Å²) >= 11 is 0. The van der Waals surface area contributed by atoms with Gasteiger partial charge in [-0.15, -0.1) is 23.8 Å². The van der Waals surface area contributed by atoms with Crippen LogP contribution in [-0.4, -0.2) is 19.6 Å². The number of para-hydroxylation sites is 3. The molecule has 0 radical (unpaired) electrons. The Balaban J connectivity index is 0.00000253. The van der Waals surface area contributed by atoms with Crippen LogP contribution in [-0.2, 0) is 21.1 Å². The summed E-state index contributed by atoms with van der Waals surface area (Å²) in [5.74, 6) is 1.29. The summed E-state index contributed by atoms with van der Waals surface area (Å²) in [5.41, 5.74) is 5.07. The maximum Gasteiger partial charge on any atom is 0.217 e. The van der Waals surface area contributed by atoms with E-state index in [0.29, 0.717) is 17.3 Å². The first-order valence-electron chi connectivity index (χ1n) is 11.0. The number of nitrogens with zero attached hydrogens (tertiary/aromatic N) is 3. The first-order valence-corrected chi connectivity index (χ1v) is 11.0. The van der Waals surface area contributed by atoms with Crippen molar-refractivity contribution in [1.29, 1.82) is 0 Å². The topological polar surface area (TPSA) is 60.2 Å². The largest absolute Gasteiger partial charge is 0.506 e. The van der Waals surface area contributed by atoms with Gasteiger partial charge in [0, 0.05) is 49.9 Å². The van der Waals surface area contributed by atoms with Crippen LogP contribution in [0.5, 0.6) is 17.4 Å². The molecule has 0 saturated carbocycles. The second-order valence-electron chi connectivity index (χ2n) is 8.11. The van der Waals surface area contributed by atoms with Crippen LogP contribution in [0, 0.1) is 13.0 Å². The van der Waals surface area contributed by atoms with Gasteiger partial charge < -0.3 is 9.84 Å². The van der Waals surface area contributed by atoms with Crippen molar-refractivity contribution in [2.75, 3.05) is 0 Å². The molecule has 6 heteroatoms. The van der Waals surface area contributed by atoms with E-state index in [9.17, 15) is 5.11 Å². The van der Waals surface area contributed by atoms with E-state index in [2.05, 4.69) is 23.2 Å². The summed E-state index contributed by atoms with van der Waals surface area (Å²) in [5, 5.41) is 12.7. The average Bonchev–Trinajstić information content (AvgIpc) is 3.18. The normalized spacial score (nSPS) is 10.9. The van der Waals surface area contributed by atoms with E-state index in [-0.39, 0.29) is 26.8 Å². The minimum absolute atomic E-state index is 0. The summed E-state index contributed by atoms with van der Waals surface area (Å²) in [7, 11) is 0. The summed E-state index contributed by atoms with van der Waals surface area (Å²) in [6.07, 6.45) is 1.72. The number of benzene rings is 3. The number of pyridine rings is 2. The van der Waals surface area contributed by atoms with Gasteiger partial charge in [0.05, 0.1) is 11.2 Å². The van der Waals surface area contributed by atoms with E-state index >= 15 is 0 Å². The van der Waals surface area contributed by atoms with Crippen LogP contribution in [0.2, 0.25) is 0 Å². The number of aryl methyl sites for hydroxylation is 1. The SMILES string of the molecule is Cc1ccnc(Oc2[c-]c(-c3ccc4c5ccccc5n(-c5ccccc5O)c4n3)ccc2)c1.[Pt]. The molecule has 0 unspecified atom stereocenters. The van der Waals surface area contributed by atoms with Crippen molar-refractivity contribution in [2.45, 2.75) is 6.92 Å². The fourth-order valence-corrected chi connectivity index (χ4v) is 4.22. The quantitative estimate of drug-likeness (QED) is 0.215. The van der Waals surface area contributed by atoms with Crippen molar-refractivity contribution in [2.24, 2.45) is 0 Å². The maximum absolute atomic E-state index is 10.6. The number of hydrogen-bond acceptors (Lipinski definition) is 4. The molecule has 0 amide bonds. The van der Waals surface area contributed by atoms with Crippen molar-refractivity contribution in [3.8, 4) is 34.3 Å². The number of phenols is 1. The number of fused-ring (bicyclic) bond motifs is 3. The fourth-order valence-electron chi connectivity index (χ4n) is 4.22. The Bertz CT molecular complexity index is 1680. The van der Waals surface area contributed by atoms with Crippen molar-refractivity contribution in [3.63, 3.8) is 0 Å². The molecule has 0 aliphatic rings. The molecule has 0 fully saturated rings. The Morgan fingerprint density at radius 3 is 2.54 bits per heavy atom. The number of hydrogen-bond donors (Lipinski definition) is 1. The Kier molecular flexibility index (Phi) is 6.10. The molecule has 0 aliphatic heterocycles. The standard InChI is InChI=1S/C29H20N3O2.Pt/c1-19-15-16-30-28(17-19)34-21-8-6-7-20(18-21)24-14-13-23-22-9-2-3-10-25(22)32(29(23)31-24)26-11-4-5-12-27(26)33;/h2-17,33H,1H3;/q-1;. The van der Waals surface area contributed by atoms with Crippen LogP contribution < -0.4 is 4.74 Å². The van der Waals surface area contributed by atoms with Crippen molar-refractivity contribution >= 4 is 21.9 Å². The zero-order valence-electron chi connectivity index (χ0n) is 18.8. The van der Waals surface area contributed by atoms with Crippen molar-refractivity contribution < 1.29 is 30.9 Å². The molecule has 3 aromatic heterocycles. The first-order chi connectivity index (χ1) is 16.7. The van der Waals surface area contributed by atoms with E-state index in [1.54, 1.807) is 12.3 Å². The molecule has 3 heterocycles. The minimum Gasteiger partial charge on any atom is -0.506 e. The van der Waals surface area contributed by atoms with Crippen LogP contribution >= 0.6 is 0 Å². The molecular weight excluding hydrogens is 617 g/mol. The Morgan fingerprint density at radius 2 is 1.69 bits per heavy atom. The second-order valence-corrected chi connectivity index (χ2v) is 8.11. The monoisotopic (exact) mass is 637 g/mol. The predicted molar refractivity (Wildman–Crippen MR) is 134 cm³/mol. The van der Waals surface area contributed by atoms with E-state index in [1.807, 2.05) is 84.3 Å². The van der Waals surface area contributed by atoms with Crippen LogP contribution in [0.3, 0.4) is 0 Å². The number of phenolic OH excluding ortho intramolecular Hbond substituents is 1. The third kappa shape index (κ3) is 4.20. The van der Waals surface area contributed by atoms with E-state index in [0.717, 1.165) is 38.8 Å². The zero-order chi connectivity index (χ0) is 23.1. The van der Waals surface area contributed by atoms with E-state index < -0.39 is 0 Å². The number of aromatic nitrogens is 3. The van der Waals surface area contributed by atoms with Crippen LogP contribution in [0.4, 0.5) is 0 Å². The summed E-state index contributed by atoms with van der Waals surface area (Å²) < 4.78 is 7.93. The Morgan fingerprint density at radius 1 is 0.857 bits per heavy atom. The van der Waals surface area contributed by atoms with Crippen LogP contribution in [0.1, 0.15) is 5.56 Å². The third-order valence-electron chi connectivity index (χ3n) is 5.79. The molecule has 0 saturated heterocycles. The summed E-state index contributed by atoms with van der Waals surface area (Å²) in [6.45, 7) is 2.00.